The maximum atomic E-state index is 11.3. The van der Waals surface area contributed by atoms with Crippen molar-refractivity contribution >= 4 is 28.6 Å². The van der Waals surface area contributed by atoms with Gasteiger partial charge in [0.2, 0.25) is 0 Å². The SMILES string of the molecule is Cc1cc(C(C)C)nc(Oc2ccc(I)cc2C(=O)O)n1. The number of aryl methyl sites for hydroxylation is 1. The molecule has 21 heavy (non-hydrogen) atoms. The van der Waals surface area contributed by atoms with Crippen LogP contribution in [0.25, 0.3) is 0 Å². The van der Waals surface area contributed by atoms with Crippen molar-refractivity contribution < 1.29 is 14.6 Å². The molecule has 0 bridgehead atoms. The summed E-state index contributed by atoms with van der Waals surface area (Å²) in [7, 11) is 0. The lowest BCUT2D eigenvalue weighted by Gasteiger charge is -2.11. The summed E-state index contributed by atoms with van der Waals surface area (Å²) in [6.07, 6.45) is 0. The zero-order chi connectivity index (χ0) is 15.6. The van der Waals surface area contributed by atoms with Crippen LogP contribution in [0.1, 0.15) is 41.5 Å². The molecule has 0 unspecified atom stereocenters. The lowest BCUT2D eigenvalue weighted by molar-refractivity contribution is 0.0694. The summed E-state index contributed by atoms with van der Waals surface area (Å²) >= 11 is 2.06. The van der Waals surface area contributed by atoms with Gasteiger partial charge in [0.25, 0.3) is 0 Å². The quantitative estimate of drug-likeness (QED) is 0.789. The molecule has 1 aromatic heterocycles. The highest BCUT2D eigenvalue weighted by molar-refractivity contribution is 14.1. The van der Waals surface area contributed by atoms with Gasteiger partial charge < -0.3 is 9.84 Å². The molecule has 0 saturated carbocycles. The highest BCUT2D eigenvalue weighted by Gasteiger charge is 2.15. The van der Waals surface area contributed by atoms with Gasteiger partial charge in [0.1, 0.15) is 11.3 Å². The summed E-state index contributed by atoms with van der Waals surface area (Å²) in [6.45, 7) is 5.91. The first-order valence-corrected chi connectivity index (χ1v) is 7.51. The molecule has 6 heteroatoms. The van der Waals surface area contributed by atoms with Crippen molar-refractivity contribution in [1.82, 2.24) is 9.97 Å². The summed E-state index contributed by atoms with van der Waals surface area (Å²) in [5.41, 5.74) is 1.74. The third kappa shape index (κ3) is 3.90. The summed E-state index contributed by atoms with van der Waals surface area (Å²) < 4.78 is 6.42. The number of hydrogen-bond donors (Lipinski definition) is 1. The molecule has 1 heterocycles. The summed E-state index contributed by atoms with van der Waals surface area (Å²) in [5.74, 6) is -0.562. The molecule has 0 aliphatic rings. The van der Waals surface area contributed by atoms with Crippen LogP contribution in [0.3, 0.4) is 0 Å². The molecule has 0 atom stereocenters. The van der Waals surface area contributed by atoms with Crippen LogP contribution in [0, 0.1) is 10.5 Å². The Balaban J connectivity index is 2.41. The van der Waals surface area contributed by atoms with Gasteiger partial charge in [0.05, 0.1) is 5.69 Å². The van der Waals surface area contributed by atoms with Gasteiger partial charge in [-0.25, -0.2) is 9.78 Å². The van der Waals surface area contributed by atoms with Crippen molar-refractivity contribution in [2.24, 2.45) is 0 Å². The molecule has 0 fully saturated rings. The van der Waals surface area contributed by atoms with Crippen LogP contribution in [0.2, 0.25) is 0 Å². The second kappa shape index (κ2) is 6.38. The molecule has 0 aliphatic carbocycles. The molecule has 0 saturated heterocycles. The van der Waals surface area contributed by atoms with Crippen LogP contribution < -0.4 is 4.74 Å². The maximum Gasteiger partial charge on any atom is 0.339 e. The van der Waals surface area contributed by atoms with E-state index in [4.69, 9.17) is 4.74 Å². The molecule has 110 valence electrons. The smallest absolute Gasteiger partial charge is 0.339 e. The topological polar surface area (TPSA) is 72.3 Å². The molecule has 0 radical (unpaired) electrons. The van der Waals surface area contributed by atoms with Crippen molar-refractivity contribution in [3.63, 3.8) is 0 Å². The Morgan fingerprint density at radius 3 is 2.62 bits per heavy atom. The number of ether oxygens (including phenoxy) is 1. The predicted molar refractivity (Wildman–Crippen MR) is 87.1 cm³/mol. The number of halogens is 1. The van der Waals surface area contributed by atoms with Gasteiger partial charge in [0, 0.05) is 9.26 Å². The number of aromatic carboxylic acids is 1. The van der Waals surface area contributed by atoms with E-state index in [1.165, 1.54) is 0 Å². The van der Waals surface area contributed by atoms with Crippen molar-refractivity contribution in [2.75, 3.05) is 0 Å². The van der Waals surface area contributed by atoms with Crippen LogP contribution >= 0.6 is 22.6 Å². The largest absolute Gasteiger partial charge is 0.478 e. The van der Waals surface area contributed by atoms with E-state index in [9.17, 15) is 9.90 Å². The Hall–Kier alpha value is -1.70. The fourth-order valence-electron chi connectivity index (χ4n) is 1.76. The predicted octanol–water partition coefficient (Wildman–Crippen LogP) is 4.00. The van der Waals surface area contributed by atoms with Crippen LogP contribution in [-0.4, -0.2) is 21.0 Å². The number of carboxylic acid groups (broad SMARTS) is 1. The lowest BCUT2D eigenvalue weighted by Crippen LogP contribution is -2.04. The maximum absolute atomic E-state index is 11.3. The minimum Gasteiger partial charge on any atom is -0.478 e. The first-order valence-electron chi connectivity index (χ1n) is 6.43. The number of carbonyl (C=O) groups is 1. The van der Waals surface area contributed by atoms with Crippen molar-refractivity contribution in [3.05, 3.63) is 44.8 Å². The summed E-state index contributed by atoms with van der Waals surface area (Å²) in [5, 5.41) is 9.24. The van der Waals surface area contributed by atoms with Gasteiger partial charge in [0.15, 0.2) is 0 Å². The number of rotatable bonds is 4. The van der Waals surface area contributed by atoms with E-state index in [1.54, 1.807) is 18.2 Å². The van der Waals surface area contributed by atoms with Gasteiger partial charge in [-0.2, -0.15) is 4.98 Å². The van der Waals surface area contributed by atoms with Crippen molar-refractivity contribution in [2.45, 2.75) is 26.7 Å². The first kappa shape index (κ1) is 15.7. The second-order valence-electron chi connectivity index (χ2n) is 4.92. The Morgan fingerprint density at radius 2 is 2.00 bits per heavy atom. The molecule has 2 rings (SSSR count). The van der Waals surface area contributed by atoms with Gasteiger partial charge in [-0.15, -0.1) is 0 Å². The molecule has 5 nitrogen and oxygen atoms in total. The zero-order valence-corrected chi connectivity index (χ0v) is 14.1. The minimum absolute atomic E-state index is 0.0955. The van der Waals surface area contributed by atoms with Crippen LogP contribution in [-0.2, 0) is 0 Å². The molecule has 2 aromatic rings. The summed E-state index contributed by atoms with van der Waals surface area (Å²) in [4.78, 5) is 19.8. The van der Waals surface area contributed by atoms with Crippen LogP contribution in [0.5, 0.6) is 11.8 Å². The summed E-state index contributed by atoms with van der Waals surface area (Å²) in [6, 6.07) is 7.01. The van der Waals surface area contributed by atoms with Crippen molar-refractivity contribution in [3.8, 4) is 11.8 Å². The van der Waals surface area contributed by atoms with Gasteiger partial charge in [-0.05, 0) is 59.7 Å². The Kier molecular flexibility index (Phi) is 4.76. The van der Waals surface area contributed by atoms with E-state index in [2.05, 4.69) is 32.6 Å². The molecular weight excluding hydrogens is 383 g/mol. The van der Waals surface area contributed by atoms with E-state index in [-0.39, 0.29) is 23.2 Å². The average Bonchev–Trinajstić information content (AvgIpc) is 2.40. The average molecular weight is 398 g/mol. The molecule has 0 amide bonds. The van der Waals surface area contributed by atoms with E-state index in [0.717, 1.165) is 15.0 Å². The fraction of sp³-hybridized carbons (Fsp3) is 0.267. The minimum atomic E-state index is -1.04. The standard InChI is InChI=1S/C15H15IN2O3/c1-8(2)12-6-9(3)17-15(18-12)21-13-5-4-10(16)7-11(13)14(19)20/h4-8H,1-3H3,(H,19,20). The normalized spacial score (nSPS) is 10.7. The number of benzene rings is 1. The van der Waals surface area contributed by atoms with Crippen molar-refractivity contribution in [1.29, 1.82) is 0 Å². The Morgan fingerprint density at radius 1 is 1.29 bits per heavy atom. The number of hydrogen-bond acceptors (Lipinski definition) is 4. The van der Waals surface area contributed by atoms with E-state index < -0.39 is 5.97 Å². The monoisotopic (exact) mass is 398 g/mol. The Labute approximate surface area is 136 Å². The molecule has 0 spiro atoms. The zero-order valence-electron chi connectivity index (χ0n) is 11.9. The number of aromatic nitrogens is 2. The third-order valence-corrected chi connectivity index (χ3v) is 3.49. The Bertz CT molecular complexity index is 687. The lowest BCUT2D eigenvalue weighted by atomic mass is 10.1. The molecule has 0 aliphatic heterocycles. The second-order valence-corrected chi connectivity index (χ2v) is 6.16. The van der Waals surface area contributed by atoms with Crippen LogP contribution in [0.15, 0.2) is 24.3 Å². The van der Waals surface area contributed by atoms with E-state index in [1.807, 2.05) is 26.8 Å². The molecular formula is C15H15IN2O3. The van der Waals surface area contributed by atoms with Crippen LogP contribution in [0.4, 0.5) is 0 Å². The highest BCUT2D eigenvalue weighted by Crippen LogP contribution is 2.26. The van der Waals surface area contributed by atoms with Gasteiger partial charge in [-0.3, -0.25) is 0 Å². The molecule has 1 aromatic carbocycles. The highest BCUT2D eigenvalue weighted by atomic mass is 127. The molecule has 1 N–H and O–H groups in total. The van der Waals surface area contributed by atoms with Gasteiger partial charge >= 0.3 is 12.0 Å². The first-order chi connectivity index (χ1) is 9.86. The number of nitrogens with zero attached hydrogens (tertiary/aromatic N) is 2. The number of carboxylic acids is 1. The third-order valence-electron chi connectivity index (χ3n) is 2.82. The van der Waals surface area contributed by atoms with E-state index >= 15 is 0 Å². The van der Waals surface area contributed by atoms with Gasteiger partial charge in [-0.1, -0.05) is 13.8 Å². The fourth-order valence-corrected chi connectivity index (χ4v) is 2.25. The van der Waals surface area contributed by atoms with E-state index in [0.29, 0.717) is 0 Å².